The van der Waals surface area contributed by atoms with Crippen LogP contribution in [0.15, 0.2) is 24.3 Å². The Labute approximate surface area is 130 Å². The highest BCUT2D eigenvalue weighted by atomic mass is 16.2. The Morgan fingerprint density at radius 2 is 1.91 bits per heavy atom. The minimum absolute atomic E-state index is 0.0729. The normalized spacial score (nSPS) is 11.5. The third-order valence-electron chi connectivity index (χ3n) is 3.72. The van der Waals surface area contributed by atoms with E-state index in [2.05, 4.69) is 27.7 Å². The van der Waals surface area contributed by atoms with Crippen LogP contribution in [0.3, 0.4) is 0 Å². The van der Waals surface area contributed by atoms with Crippen LogP contribution >= 0.6 is 0 Å². The minimum Gasteiger partial charge on any atom is -0.350 e. The van der Waals surface area contributed by atoms with E-state index in [4.69, 9.17) is 0 Å². The average Bonchev–Trinajstić information content (AvgIpc) is 2.95. The topological polar surface area (TPSA) is 72.7 Å². The van der Waals surface area contributed by atoms with Crippen molar-refractivity contribution in [3.63, 3.8) is 0 Å². The molecule has 0 saturated carbocycles. The van der Waals surface area contributed by atoms with E-state index in [-0.39, 0.29) is 18.0 Å². The molecule has 0 atom stereocenters. The van der Waals surface area contributed by atoms with Crippen LogP contribution in [0.25, 0.3) is 11.4 Å². The summed E-state index contributed by atoms with van der Waals surface area (Å²) in [6.45, 7) is 8.19. The number of hydrogen-bond donors (Lipinski definition) is 1. The number of amides is 1. The van der Waals surface area contributed by atoms with E-state index in [9.17, 15) is 4.79 Å². The van der Waals surface area contributed by atoms with Gasteiger partial charge in [-0.3, -0.25) is 4.79 Å². The second kappa shape index (κ2) is 6.68. The van der Waals surface area contributed by atoms with Gasteiger partial charge in [-0.05, 0) is 37.5 Å². The van der Waals surface area contributed by atoms with Crippen LogP contribution in [0, 0.1) is 0 Å². The molecular weight excluding hydrogens is 278 g/mol. The molecule has 0 radical (unpaired) electrons. The summed E-state index contributed by atoms with van der Waals surface area (Å²) in [7, 11) is 0. The molecule has 118 valence electrons. The monoisotopic (exact) mass is 301 g/mol. The molecule has 6 heteroatoms. The molecule has 1 aromatic heterocycles. The lowest BCUT2D eigenvalue weighted by Gasteiger charge is -2.24. The molecule has 1 aromatic carbocycles. The predicted octanol–water partition coefficient (Wildman–Crippen LogP) is 2.21. The van der Waals surface area contributed by atoms with Crippen LogP contribution in [-0.4, -0.2) is 31.7 Å². The van der Waals surface area contributed by atoms with Crippen molar-refractivity contribution >= 4 is 5.91 Å². The number of aryl methyl sites for hydroxylation is 1. The number of carbonyl (C=O) groups excluding carboxylic acids is 1. The van der Waals surface area contributed by atoms with E-state index in [1.165, 1.54) is 10.4 Å². The Balaban J connectivity index is 2.03. The highest BCUT2D eigenvalue weighted by Crippen LogP contribution is 2.14. The van der Waals surface area contributed by atoms with Gasteiger partial charge in [-0.1, -0.05) is 38.1 Å². The molecule has 2 aromatic rings. The molecule has 2 rings (SSSR count). The summed E-state index contributed by atoms with van der Waals surface area (Å²) in [5.74, 6) is 0.419. The zero-order valence-electron chi connectivity index (χ0n) is 13.6. The largest absolute Gasteiger partial charge is 0.350 e. The SMILES string of the molecule is CCc1ccc(-c2nnn(CC(=O)NC(C)(C)CC)n2)cc1. The maximum Gasteiger partial charge on any atom is 0.244 e. The second-order valence-electron chi connectivity index (χ2n) is 5.98. The summed E-state index contributed by atoms with van der Waals surface area (Å²) in [4.78, 5) is 13.3. The lowest BCUT2D eigenvalue weighted by atomic mass is 10.0. The molecule has 1 amide bonds. The fourth-order valence-electron chi connectivity index (χ4n) is 1.95. The molecule has 1 heterocycles. The molecule has 0 bridgehead atoms. The zero-order chi connectivity index (χ0) is 16.2. The van der Waals surface area contributed by atoms with E-state index in [1.807, 2.05) is 45.0 Å². The van der Waals surface area contributed by atoms with Gasteiger partial charge < -0.3 is 5.32 Å². The molecule has 0 aliphatic rings. The first kappa shape index (κ1) is 16.1. The first-order valence-electron chi connectivity index (χ1n) is 7.61. The third kappa shape index (κ3) is 4.13. The molecule has 0 saturated heterocycles. The van der Waals surface area contributed by atoms with Crippen molar-refractivity contribution in [2.24, 2.45) is 0 Å². The van der Waals surface area contributed by atoms with Crippen LogP contribution < -0.4 is 5.32 Å². The van der Waals surface area contributed by atoms with Crippen molar-refractivity contribution in [1.29, 1.82) is 0 Å². The van der Waals surface area contributed by atoms with Crippen molar-refractivity contribution in [3.05, 3.63) is 29.8 Å². The van der Waals surface area contributed by atoms with E-state index in [0.717, 1.165) is 18.4 Å². The molecule has 6 nitrogen and oxygen atoms in total. The van der Waals surface area contributed by atoms with Crippen LogP contribution in [0.4, 0.5) is 0 Å². The van der Waals surface area contributed by atoms with E-state index in [0.29, 0.717) is 5.82 Å². The van der Waals surface area contributed by atoms with Gasteiger partial charge in [0.05, 0.1) is 0 Å². The number of nitrogens with zero attached hydrogens (tertiary/aromatic N) is 4. The van der Waals surface area contributed by atoms with Crippen molar-refractivity contribution in [1.82, 2.24) is 25.5 Å². The second-order valence-corrected chi connectivity index (χ2v) is 5.98. The van der Waals surface area contributed by atoms with Gasteiger partial charge in [0, 0.05) is 11.1 Å². The van der Waals surface area contributed by atoms with Gasteiger partial charge in [0.1, 0.15) is 6.54 Å². The number of tetrazole rings is 1. The number of hydrogen-bond acceptors (Lipinski definition) is 4. The van der Waals surface area contributed by atoms with Crippen LogP contribution in [0.2, 0.25) is 0 Å². The average molecular weight is 301 g/mol. The summed E-state index contributed by atoms with van der Waals surface area (Å²) in [6.07, 6.45) is 1.85. The number of nitrogens with one attached hydrogen (secondary N) is 1. The van der Waals surface area contributed by atoms with E-state index in [1.54, 1.807) is 0 Å². The Kier molecular flexibility index (Phi) is 4.90. The van der Waals surface area contributed by atoms with Crippen molar-refractivity contribution in [2.75, 3.05) is 0 Å². The summed E-state index contributed by atoms with van der Waals surface area (Å²) < 4.78 is 0. The Morgan fingerprint density at radius 1 is 1.23 bits per heavy atom. The minimum atomic E-state index is -0.226. The van der Waals surface area contributed by atoms with E-state index < -0.39 is 0 Å². The summed E-state index contributed by atoms with van der Waals surface area (Å²) in [5.41, 5.74) is 1.94. The molecule has 0 aliphatic carbocycles. The van der Waals surface area contributed by atoms with Gasteiger partial charge >= 0.3 is 0 Å². The molecule has 0 fully saturated rings. The highest BCUT2D eigenvalue weighted by Gasteiger charge is 2.18. The van der Waals surface area contributed by atoms with Gasteiger partial charge in [-0.25, -0.2) is 0 Å². The first-order valence-corrected chi connectivity index (χ1v) is 7.61. The molecule has 22 heavy (non-hydrogen) atoms. The highest BCUT2D eigenvalue weighted by molar-refractivity contribution is 5.76. The summed E-state index contributed by atoms with van der Waals surface area (Å²) in [5, 5.41) is 15.2. The Morgan fingerprint density at radius 3 is 2.50 bits per heavy atom. The molecular formula is C16H23N5O. The van der Waals surface area contributed by atoms with Gasteiger partial charge in [0.15, 0.2) is 0 Å². The fourth-order valence-corrected chi connectivity index (χ4v) is 1.95. The third-order valence-corrected chi connectivity index (χ3v) is 3.72. The Bertz CT molecular complexity index is 630. The maximum atomic E-state index is 12.0. The van der Waals surface area contributed by atoms with Crippen LogP contribution in [0.5, 0.6) is 0 Å². The lowest BCUT2D eigenvalue weighted by molar-refractivity contribution is -0.123. The molecule has 0 unspecified atom stereocenters. The number of rotatable bonds is 6. The standard InChI is InChI=1S/C16H23N5O/c1-5-12-7-9-13(10-8-12)15-18-20-21(19-15)11-14(22)17-16(3,4)6-2/h7-10H,5-6,11H2,1-4H3,(H,17,22). The van der Waals surface area contributed by atoms with E-state index >= 15 is 0 Å². The fraction of sp³-hybridized carbons (Fsp3) is 0.500. The van der Waals surface area contributed by atoms with Gasteiger partial charge in [0.25, 0.3) is 0 Å². The van der Waals surface area contributed by atoms with Crippen molar-refractivity contribution in [3.8, 4) is 11.4 Å². The Hall–Kier alpha value is -2.24. The molecule has 0 aliphatic heterocycles. The predicted molar refractivity (Wildman–Crippen MR) is 85.1 cm³/mol. The lowest BCUT2D eigenvalue weighted by Crippen LogP contribution is -2.44. The molecule has 0 spiro atoms. The van der Waals surface area contributed by atoms with Crippen LogP contribution in [0.1, 0.15) is 39.7 Å². The number of aromatic nitrogens is 4. The smallest absolute Gasteiger partial charge is 0.244 e. The first-order chi connectivity index (χ1) is 10.4. The summed E-state index contributed by atoms with van der Waals surface area (Å²) in [6, 6.07) is 8.04. The van der Waals surface area contributed by atoms with Gasteiger partial charge in [-0.2, -0.15) is 4.80 Å². The van der Waals surface area contributed by atoms with Crippen molar-refractivity contribution in [2.45, 2.75) is 52.6 Å². The van der Waals surface area contributed by atoms with Crippen molar-refractivity contribution < 1.29 is 4.79 Å². The van der Waals surface area contributed by atoms with Gasteiger partial charge in [0.2, 0.25) is 11.7 Å². The molecule has 1 N–H and O–H groups in total. The quantitative estimate of drug-likeness (QED) is 0.888. The summed E-state index contributed by atoms with van der Waals surface area (Å²) >= 11 is 0. The van der Waals surface area contributed by atoms with Gasteiger partial charge in [-0.15, -0.1) is 10.2 Å². The zero-order valence-corrected chi connectivity index (χ0v) is 13.6. The number of carbonyl (C=O) groups is 1. The number of benzene rings is 1. The van der Waals surface area contributed by atoms with Crippen LogP contribution in [-0.2, 0) is 17.8 Å². The maximum absolute atomic E-state index is 12.0.